The number of nitro groups is 1. The fourth-order valence-electron chi connectivity index (χ4n) is 2.51. The van der Waals surface area contributed by atoms with Crippen LogP contribution in [0.5, 0.6) is 0 Å². The van der Waals surface area contributed by atoms with Gasteiger partial charge in [0.25, 0.3) is 5.69 Å². The average molecular weight is 321 g/mol. The second-order valence-corrected chi connectivity index (χ2v) is 5.65. The number of pyridine rings is 1. The molecule has 9 heteroatoms. The Morgan fingerprint density at radius 2 is 2.43 bits per heavy atom. The smallest absolute Gasteiger partial charge is 0.287 e. The Bertz CT molecular complexity index is 555. The van der Waals surface area contributed by atoms with Crippen molar-refractivity contribution in [2.24, 2.45) is 22.4 Å². The summed E-state index contributed by atoms with van der Waals surface area (Å²) < 4.78 is 0. The van der Waals surface area contributed by atoms with Gasteiger partial charge in [-0.15, -0.1) is 0 Å². The molecule has 9 nitrogen and oxygen atoms in total. The normalized spacial score (nSPS) is 21.0. The van der Waals surface area contributed by atoms with Crippen molar-refractivity contribution in [2.75, 3.05) is 18.4 Å². The van der Waals surface area contributed by atoms with E-state index in [1.54, 1.807) is 0 Å². The van der Waals surface area contributed by atoms with Crippen molar-refractivity contribution >= 4 is 17.3 Å². The Kier molecular flexibility index (Phi) is 5.83. The SMILES string of the molecule is CC(/C(N)=N/C(N)CNc1ccc([N+](=O)[O-])cn1)C1CCCN1. The molecule has 2 rings (SSSR count). The third kappa shape index (κ3) is 4.86. The molecule has 1 aliphatic heterocycles. The number of anilines is 1. The van der Waals surface area contributed by atoms with Crippen LogP contribution in [0.15, 0.2) is 23.3 Å². The van der Waals surface area contributed by atoms with E-state index in [9.17, 15) is 10.1 Å². The minimum atomic E-state index is -0.504. The Morgan fingerprint density at radius 3 is 3.00 bits per heavy atom. The Labute approximate surface area is 134 Å². The topological polar surface area (TPSA) is 144 Å². The van der Waals surface area contributed by atoms with E-state index >= 15 is 0 Å². The monoisotopic (exact) mass is 321 g/mol. The van der Waals surface area contributed by atoms with Crippen LogP contribution in [0.4, 0.5) is 11.5 Å². The second kappa shape index (κ2) is 7.84. The third-order valence-corrected chi connectivity index (χ3v) is 3.93. The number of amidine groups is 1. The minimum Gasteiger partial charge on any atom is -0.387 e. The molecule has 1 saturated heterocycles. The van der Waals surface area contributed by atoms with Crippen LogP contribution in [0.1, 0.15) is 19.8 Å². The molecule has 0 saturated carbocycles. The van der Waals surface area contributed by atoms with Gasteiger partial charge >= 0.3 is 0 Å². The summed E-state index contributed by atoms with van der Waals surface area (Å²) in [5.41, 5.74) is 11.9. The molecule has 126 valence electrons. The maximum absolute atomic E-state index is 10.6. The zero-order chi connectivity index (χ0) is 16.8. The van der Waals surface area contributed by atoms with Crippen LogP contribution in [0, 0.1) is 16.0 Å². The lowest BCUT2D eigenvalue weighted by molar-refractivity contribution is -0.385. The maximum atomic E-state index is 10.6. The molecule has 1 aliphatic rings. The molecule has 0 aromatic carbocycles. The number of aliphatic imine (C=N–C) groups is 1. The summed E-state index contributed by atoms with van der Waals surface area (Å²) in [6.07, 6.45) is 2.94. The van der Waals surface area contributed by atoms with Crippen molar-refractivity contribution in [3.63, 3.8) is 0 Å². The average Bonchev–Trinajstić information content (AvgIpc) is 3.06. The quantitative estimate of drug-likeness (QED) is 0.247. The van der Waals surface area contributed by atoms with Crippen molar-refractivity contribution in [2.45, 2.75) is 32.0 Å². The van der Waals surface area contributed by atoms with E-state index in [4.69, 9.17) is 11.5 Å². The lowest BCUT2D eigenvalue weighted by Gasteiger charge is -2.20. The van der Waals surface area contributed by atoms with Crippen molar-refractivity contribution < 1.29 is 4.92 Å². The van der Waals surface area contributed by atoms with Gasteiger partial charge in [-0.1, -0.05) is 6.92 Å². The molecule has 2 heterocycles. The van der Waals surface area contributed by atoms with E-state index < -0.39 is 11.1 Å². The fourth-order valence-corrected chi connectivity index (χ4v) is 2.51. The number of hydrogen-bond acceptors (Lipinski definition) is 7. The molecule has 0 aliphatic carbocycles. The summed E-state index contributed by atoms with van der Waals surface area (Å²) in [7, 11) is 0. The molecule has 1 aromatic heterocycles. The van der Waals surface area contributed by atoms with Gasteiger partial charge in [0.15, 0.2) is 0 Å². The van der Waals surface area contributed by atoms with Crippen LogP contribution < -0.4 is 22.1 Å². The van der Waals surface area contributed by atoms with Crippen LogP contribution in [0.3, 0.4) is 0 Å². The first-order valence-corrected chi connectivity index (χ1v) is 7.64. The van der Waals surface area contributed by atoms with E-state index in [0.29, 0.717) is 24.2 Å². The maximum Gasteiger partial charge on any atom is 0.287 e. The van der Waals surface area contributed by atoms with Crippen molar-refractivity contribution in [3.8, 4) is 0 Å². The molecular weight excluding hydrogens is 298 g/mol. The molecule has 3 atom stereocenters. The van der Waals surface area contributed by atoms with Gasteiger partial charge in [-0.3, -0.25) is 15.1 Å². The summed E-state index contributed by atoms with van der Waals surface area (Å²) in [6, 6.07) is 3.27. The Hall–Kier alpha value is -2.26. The summed E-state index contributed by atoms with van der Waals surface area (Å²) in [4.78, 5) is 18.3. The van der Waals surface area contributed by atoms with E-state index in [-0.39, 0.29) is 11.6 Å². The van der Waals surface area contributed by atoms with Crippen molar-refractivity contribution in [1.29, 1.82) is 0 Å². The molecule has 0 amide bonds. The van der Waals surface area contributed by atoms with Gasteiger partial charge in [-0.2, -0.15) is 0 Å². The summed E-state index contributed by atoms with van der Waals surface area (Å²) in [6.45, 7) is 3.40. The van der Waals surface area contributed by atoms with Gasteiger partial charge < -0.3 is 22.1 Å². The molecule has 1 aromatic rings. The molecular formula is C14H23N7O2. The third-order valence-electron chi connectivity index (χ3n) is 3.93. The van der Waals surface area contributed by atoms with Crippen molar-refractivity contribution in [3.05, 3.63) is 28.4 Å². The standard InChI is InChI=1S/C14H23N7O2/c1-9(11-3-2-6-17-11)14(16)20-12(15)8-19-13-5-4-10(7-18-13)21(22)23/h4-5,7,9,11-12,17H,2-3,6,8,15H2,1H3,(H2,16,20)(H,18,19). The lowest BCUT2D eigenvalue weighted by Crippen LogP contribution is -2.40. The van der Waals surface area contributed by atoms with Crippen LogP contribution in [0.25, 0.3) is 0 Å². The number of hydrogen-bond donors (Lipinski definition) is 4. The first-order valence-electron chi connectivity index (χ1n) is 7.64. The molecule has 0 bridgehead atoms. The number of aromatic nitrogens is 1. The first-order chi connectivity index (χ1) is 11.0. The van der Waals surface area contributed by atoms with Gasteiger partial charge in [-0.25, -0.2) is 4.98 Å². The van der Waals surface area contributed by atoms with Gasteiger partial charge in [0.05, 0.1) is 11.5 Å². The molecule has 3 unspecified atom stereocenters. The highest BCUT2D eigenvalue weighted by molar-refractivity contribution is 5.83. The van der Waals surface area contributed by atoms with Crippen LogP contribution in [-0.2, 0) is 0 Å². The zero-order valence-electron chi connectivity index (χ0n) is 13.1. The zero-order valence-corrected chi connectivity index (χ0v) is 13.1. The van der Waals surface area contributed by atoms with E-state index in [1.807, 2.05) is 6.92 Å². The minimum absolute atomic E-state index is 0.0556. The highest BCUT2D eigenvalue weighted by Gasteiger charge is 2.23. The lowest BCUT2D eigenvalue weighted by atomic mass is 9.99. The number of nitrogens with two attached hydrogens (primary N) is 2. The predicted molar refractivity (Wildman–Crippen MR) is 89.2 cm³/mol. The van der Waals surface area contributed by atoms with Crippen LogP contribution >= 0.6 is 0 Å². The second-order valence-electron chi connectivity index (χ2n) is 5.65. The summed E-state index contributed by atoms with van der Waals surface area (Å²) in [5.74, 6) is 1.18. The van der Waals surface area contributed by atoms with E-state index in [1.165, 1.54) is 18.3 Å². The highest BCUT2D eigenvalue weighted by Crippen LogP contribution is 2.15. The van der Waals surface area contributed by atoms with Gasteiger partial charge in [-0.05, 0) is 25.5 Å². The molecule has 1 fully saturated rings. The Morgan fingerprint density at radius 1 is 1.65 bits per heavy atom. The van der Waals surface area contributed by atoms with Gasteiger partial charge in [0.2, 0.25) is 0 Å². The van der Waals surface area contributed by atoms with Crippen molar-refractivity contribution in [1.82, 2.24) is 10.3 Å². The van der Waals surface area contributed by atoms with E-state index in [0.717, 1.165) is 19.4 Å². The molecule has 23 heavy (non-hydrogen) atoms. The number of nitrogens with one attached hydrogen (secondary N) is 2. The highest BCUT2D eigenvalue weighted by atomic mass is 16.6. The van der Waals surface area contributed by atoms with Crippen LogP contribution in [-0.4, -0.2) is 41.0 Å². The summed E-state index contributed by atoms with van der Waals surface area (Å²) >= 11 is 0. The molecule has 0 radical (unpaired) electrons. The largest absolute Gasteiger partial charge is 0.387 e. The first kappa shape index (κ1) is 17.1. The van der Waals surface area contributed by atoms with Gasteiger partial charge in [0.1, 0.15) is 24.0 Å². The fraction of sp³-hybridized carbons (Fsp3) is 0.571. The number of nitrogens with zero attached hydrogens (tertiary/aromatic N) is 3. The number of rotatable bonds is 7. The molecule has 0 spiro atoms. The van der Waals surface area contributed by atoms with Crippen LogP contribution in [0.2, 0.25) is 0 Å². The summed E-state index contributed by atoms with van der Waals surface area (Å²) in [5, 5.41) is 16.9. The van der Waals surface area contributed by atoms with Gasteiger partial charge in [0, 0.05) is 18.0 Å². The predicted octanol–water partition coefficient (Wildman–Crippen LogP) is 0.432. The Balaban J connectivity index is 1.84. The molecule has 6 N–H and O–H groups in total. The van der Waals surface area contributed by atoms with E-state index in [2.05, 4.69) is 20.6 Å².